The number of nitrogens with one attached hydrogen (secondary N) is 1. The quantitative estimate of drug-likeness (QED) is 0.708. The average molecular weight is 404 g/mol. The molecule has 0 atom stereocenters. The molecule has 7 heteroatoms. The van der Waals surface area contributed by atoms with Gasteiger partial charge < -0.3 is 14.8 Å². The molecule has 1 amide bonds. The average Bonchev–Trinajstić information content (AvgIpc) is 3.33. The van der Waals surface area contributed by atoms with E-state index in [0.717, 1.165) is 48.0 Å². The summed E-state index contributed by atoms with van der Waals surface area (Å²) in [6, 6.07) is 16.3. The number of nitrogens with zero attached hydrogens (tertiary/aromatic N) is 3. The number of aromatic nitrogens is 2. The molecule has 2 aromatic carbocycles. The van der Waals surface area contributed by atoms with E-state index in [1.807, 2.05) is 41.1 Å². The summed E-state index contributed by atoms with van der Waals surface area (Å²) >= 11 is 0. The van der Waals surface area contributed by atoms with Crippen molar-refractivity contribution in [3.05, 3.63) is 65.9 Å². The van der Waals surface area contributed by atoms with E-state index in [4.69, 9.17) is 14.6 Å². The van der Waals surface area contributed by atoms with Gasteiger partial charge in [-0.25, -0.2) is 0 Å². The van der Waals surface area contributed by atoms with Crippen LogP contribution in [0.4, 0.5) is 0 Å². The zero-order chi connectivity index (χ0) is 20.3. The molecule has 1 N–H and O–H groups in total. The zero-order valence-electron chi connectivity index (χ0n) is 16.7. The fraction of sp³-hybridized carbons (Fsp3) is 0.304. The van der Waals surface area contributed by atoms with Crippen LogP contribution in [-0.4, -0.2) is 47.0 Å². The van der Waals surface area contributed by atoms with Gasteiger partial charge in [-0.3, -0.25) is 14.4 Å². The highest BCUT2D eigenvalue weighted by atomic mass is 16.7. The van der Waals surface area contributed by atoms with Crippen molar-refractivity contribution in [2.75, 3.05) is 26.4 Å². The fourth-order valence-electron chi connectivity index (χ4n) is 3.93. The fourth-order valence-corrected chi connectivity index (χ4v) is 3.93. The Morgan fingerprint density at radius 1 is 1.00 bits per heavy atom. The van der Waals surface area contributed by atoms with E-state index in [1.54, 1.807) is 0 Å². The van der Waals surface area contributed by atoms with E-state index < -0.39 is 0 Å². The molecular weight excluding hydrogens is 380 g/mol. The Kier molecular flexibility index (Phi) is 5.11. The van der Waals surface area contributed by atoms with Gasteiger partial charge in [0.25, 0.3) is 0 Å². The van der Waals surface area contributed by atoms with Gasteiger partial charge in [0.15, 0.2) is 11.5 Å². The lowest BCUT2D eigenvalue weighted by atomic mass is 10.1. The van der Waals surface area contributed by atoms with Crippen molar-refractivity contribution in [1.82, 2.24) is 20.0 Å². The highest BCUT2D eigenvalue weighted by molar-refractivity contribution is 5.76. The van der Waals surface area contributed by atoms with Gasteiger partial charge in [0.05, 0.1) is 12.2 Å². The molecule has 0 aliphatic carbocycles. The van der Waals surface area contributed by atoms with Crippen molar-refractivity contribution >= 4 is 5.91 Å². The van der Waals surface area contributed by atoms with Gasteiger partial charge in [-0.05, 0) is 23.8 Å². The first kappa shape index (κ1) is 18.7. The molecule has 3 aromatic rings. The van der Waals surface area contributed by atoms with Crippen LogP contribution in [0.2, 0.25) is 0 Å². The molecule has 2 aliphatic rings. The molecule has 0 saturated carbocycles. The Labute approximate surface area is 175 Å². The van der Waals surface area contributed by atoms with Gasteiger partial charge in [0, 0.05) is 49.9 Å². The second-order valence-electron chi connectivity index (χ2n) is 7.63. The Morgan fingerprint density at radius 3 is 2.77 bits per heavy atom. The third kappa shape index (κ3) is 4.02. The molecule has 2 aliphatic heterocycles. The summed E-state index contributed by atoms with van der Waals surface area (Å²) < 4.78 is 13.0. The summed E-state index contributed by atoms with van der Waals surface area (Å²) in [7, 11) is 0. The van der Waals surface area contributed by atoms with Crippen LogP contribution in [0.25, 0.3) is 11.3 Å². The molecule has 0 radical (unpaired) electrons. The van der Waals surface area contributed by atoms with Gasteiger partial charge in [0.1, 0.15) is 0 Å². The lowest BCUT2D eigenvalue weighted by Crippen LogP contribution is -2.28. The van der Waals surface area contributed by atoms with Crippen molar-refractivity contribution in [2.45, 2.75) is 19.5 Å². The molecule has 7 nitrogen and oxygen atoms in total. The van der Waals surface area contributed by atoms with Crippen molar-refractivity contribution in [1.29, 1.82) is 0 Å². The van der Waals surface area contributed by atoms with Crippen LogP contribution < -0.4 is 14.8 Å². The number of carbonyl (C=O) groups is 1. The van der Waals surface area contributed by atoms with E-state index in [9.17, 15) is 4.79 Å². The molecule has 0 unspecified atom stereocenters. The zero-order valence-corrected chi connectivity index (χ0v) is 16.7. The molecule has 3 heterocycles. The summed E-state index contributed by atoms with van der Waals surface area (Å²) in [5.41, 5.74) is 4.28. The number of hydrogen-bond acceptors (Lipinski definition) is 5. The number of carbonyl (C=O) groups excluding carboxylic acids is 1. The third-order valence-corrected chi connectivity index (χ3v) is 5.47. The molecule has 0 spiro atoms. The third-order valence-electron chi connectivity index (χ3n) is 5.47. The number of benzene rings is 2. The van der Waals surface area contributed by atoms with Crippen LogP contribution >= 0.6 is 0 Å². The summed E-state index contributed by atoms with van der Waals surface area (Å²) in [4.78, 5) is 14.0. The van der Waals surface area contributed by atoms with Crippen molar-refractivity contribution < 1.29 is 14.3 Å². The van der Waals surface area contributed by atoms with Crippen LogP contribution in [0, 0.1) is 0 Å². The summed E-state index contributed by atoms with van der Waals surface area (Å²) in [6.45, 7) is 3.96. The molecule has 5 rings (SSSR count). The standard InChI is InChI=1S/C23H24N4O3/c28-22-8-10-26(11-9-24-22)14-19-15-27(13-17-4-2-1-3-5-17)25-23(19)18-6-7-20-21(12-18)30-16-29-20/h1-7,12,15H,8-11,13-14,16H2,(H,24,28). The van der Waals surface area contributed by atoms with Crippen molar-refractivity contribution in [2.24, 2.45) is 0 Å². The maximum atomic E-state index is 11.7. The largest absolute Gasteiger partial charge is 0.454 e. The van der Waals surface area contributed by atoms with E-state index in [-0.39, 0.29) is 12.7 Å². The minimum absolute atomic E-state index is 0.119. The Balaban J connectivity index is 1.46. The van der Waals surface area contributed by atoms with Crippen LogP contribution in [-0.2, 0) is 17.9 Å². The molecular formula is C23H24N4O3. The monoisotopic (exact) mass is 404 g/mol. The highest BCUT2D eigenvalue weighted by Crippen LogP contribution is 2.36. The summed E-state index contributed by atoms with van der Waals surface area (Å²) in [5.74, 6) is 1.63. The van der Waals surface area contributed by atoms with Crippen LogP contribution in [0.5, 0.6) is 11.5 Å². The van der Waals surface area contributed by atoms with E-state index in [0.29, 0.717) is 19.5 Å². The first-order valence-electron chi connectivity index (χ1n) is 10.2. The van der Waals surface area contributed by atoms with Crippen molar-refractivity contribution in [3.63, 3.8) is 0 Å². The van der Waals surface area contributed by atoms with E-state index >= 15 is 0 Å². The maximum absolute atomic E-state index is 11.7. The lowest BCUT2D eigenvalue weighted by molar-refractivity contribution is -0.120. The number of rotatable bonds is 5. The molecule has 1 saturated heterocycles. The van der Waals surface area contributed by atoms with Gasteiger partial charge in [0.2, 0.25) is 12.7 Å². The second kappa shape index (κ2) is 8.20. The van der Waals surface area contributed by atoms with Crippen LogP contribution in [0.1, 0.15) is 17.5 Å². The second-order valence-corrected chi connectivity index (χ2v) is 7.63. The number of fused-ring (bicyclic) bond motifs is 1. The van der Waals surface area contributed by atoms with Gasteiger partial charge in [-0.2, -0.15) is 5.10 Å². The number of ether oxygens (including phenoxy) is 2. The van der Waals surface area contributed by atoms with Crippen molar-refractivity contribution in [3.8, 4) is 22.8 Å². The van der Waals surface area contributed by atoms with Gasteiger partial charge in [-0.1, -0.05) is 30.3 Å². The van der Waals surface area contributed by atoms with E-state index in [2.05, 4.69) is 28.5 Å². The van der Waals surface area contributed by atoms with Gasteiger partial charge in [-0.15, -0.1) is 0 Å². The lowest BCUT2D eigenvalue weighted by Gasteiger charge is -2.18. The predicted molar refractivity (Wildman–Crippen MR) is 112 cm³/mol. The Morgan fingerprint density at radius 2 is 1.87 bits per heavy atom. The molecule has 154 valence electrons. The minimum Gasteiger partial charge on any atom is -0.454 e. The minimum atomic E-state index is 0.119. The summed E-state index contributed by atoms with van der Waals surface area (Å²) in [6.07, 6.45) is 2.64. The number of hydrogen-bond donors (Lipinski definition) is 1. The highest BCUT2D eigenvalue weighted by Gasteiger charge is 2.20. The van der Waals surface area contributed by atoms with E-state index in [1.165, 1.54) is 5.56 Å². The molecule has 1 aromatic heterocycles. The maximum Gasteiger partial charge on any atom is 0.231 e. The first-order chi connectivity index (χ1) is 14.7. The molecule has 0 bridgehead atoms. The Hall–Kier alpha value is -3.32. The van der Waals surface area contributed by atoms with Gasteiger partial charge >= 0.3 is 0 Å². The summed E-state index contributed by atoms with van der Waals surface area (Å²) in [5, 5.41) is 7.86. The molecule has 30 heavy (non-hydrogen) atoms. The smallest absolute Gasteiger partial charge is 0.231 e. The number of amides is 1. The Bertz CT molecular complexity index is 1050. The normalized spacial score (nSPS) is 16.3. The van der Waals surface area contributed by atoms with Crippen LogP contribution in [0.15, 0.2) is 54.7 Å². The molecule has 1 fully saturated rings. The topological polar surface area (TPSA) is 68.6 Å². The first-order valence-corrected chi connectivity index (χ1v) is 10.2. The predicted octanol–water partition coefficient (Wildman–Crippen LogP) is 2.65. The SMILES string of the molecule is O=C1CCN(Cc2cn(Cc3ccccc3)nc2-c2ccc3c(c2)OCO3)CCN1. The van der Waals surface area contributed by atoms with Crippen LogP contribution in [0.3, 0.4) is 0 Å².